The molecule has 0 rings (SSSR count). The van der Waals surface area contributed by atoms with Crippen molar-refractivity contribution in [3.63, 3.8) is 0 Å². The van der Waals surface area contributed by atoms with Gasteiger partial charge in [0.1, 0.15) is 0 Å². The van der Waals surface area contributed by atoms with E-state index in [2.05, 4.69) is 10.0 Å². The van der Waals surface area contributed by atoms with Gasteiger partial charge in [0.05, 0.1) is 12.6 Å². The number of ether oxygens (including phenoxy) is 1. The SMILES string of the molecule is COC[C@@H](C)N=[N+]=[N-]. The number of methoxy groups -OCH3 is 1. The fraction of sp³-hybridized carbons (Fsp3) is 1.00. The van der Waals surface area contributed by atoms with Crippen molar-refractivity contribution >= 4 is 0 Å². The summed E-state index contributed by atoms with van der Waals surface area (Å²) >= 11 is 0. The Kier molecular flexibility index (Phi) is 4.03. The lowest BCUT2D eigenvalue weighted by Crippen LogP contribution is -2.04. The van der Waals surface area contributed by atoms with E-state index in [9.17, 15) is 0 Å². The fourth-order valence-electron chi connectivity index (χ4n) is 0.363. The third-order valence-electron chi connectivity index (χ3n) is 0.657. The van der Waals surface area contributed by atoms with Gasteiger partial charge in [-0.2, -0.15) is 0 Å². The van der Waals surface area contributed by atoms with Crippen molar-refractivity contribution in [2.45, 2.75) is 13.0 Å². The number of azide groups is 1. The Balaban J connectivity index is 3.31. The van der Waals surface area contributed by atoms with Gasteiger partial charge in [0.15, 0.2) is 0 Å². The van der Waals surface area contributed by atoms with Gasteiger partial charge < -0.3 is 4.74 Å². The van der Waals surface area contributed by atoms with E-state index in [0.29, 0.717) is 6.61 Å². The second-order valence-corrected chi connectivity index (χ2v) is 1.51. The summed E-state index contributed by atoms with van der Waals surface area (Å²) < 4.78 is 4.69. The molecule has 4 nitrogen and oxygen atoms in total. The Bertz CT molecular complexity index is 97.5. The Labute approximate surface area is 48.1 Å². The van der Waals surface area contributed by atoms with Gasteiger partial charge in [-0.15, -0.1) is 0 Å². The minimum atomic E-state index is -0.0509. The smallest absolute Gasteiger partial charge is 0.0579 e. The number of rotatable bonds is 3. The molecule has 46 valence electrons. The molecule has 0 aromatic heterocycles. The second-order valence-electron chi connectivity index (χ2n) is 1.51. The van der Waals surface area contributed by atoms with Crippen molar-refractivity contribution in [3.05, 3.63) is 10.4 Å². The molecule has 0 aromatic carbocycles. The van der Waals surface area contributed by atoms with Crippen LogP contribution in [-0.4, -0.2) is 19.8 Å². The predicted octanol–water partition coefficient (Wildman–Crippen LogP) is 1.33. The maximum atomic E-state index is 7.87. The molecule has 0 aliphatic carbocycles. The molecule has 0 saturated carbocycles. The largest absolute Gasteiger partial charge is 0.384 e. The molecule has 4 heteroatoms. The standard InChI is InChI=1S/C4H9N3O/c1-4(3-8-2)6-7-5/h4H,3H2,1-2H3/t4-/m1/s1. The lowest BCUT2D eigenvalue weighted by atomic mass is 10.4. The Hall–Kier alpha value is -0.730. The second kappa shape index (κ2) is 4.43. The molecule has 0 aromatic rings. The van der Waals surface area contributed by atoms with Gasteiger partial charge in [0.2, 0.25) is 0 Å². The van der Waals surface area contributed by atoms with E-state index in [-0.39, 0.29) is 6.04 Å². The van der Waals surface area contributed by atoms with Gasteiger partial charge in [-0.3, -0.25) is 0 Å². The van der Waals surface area contributed by atoms with Crippen molar-refractivity contribution < 1.29 is 4.74 Å². The molecule has 0 unspecified atom stereocenters. The summed E-state index contributed by atoms with van der Waals surface area (Å²) in [5.74, 6) is 0. The van der Waals surface area contributed by atoms with E-state index in [4.69, 9.17) is 10.3 Å². The average Bonchev–Trinajstić information content (AvgIpc) is 1.68. The molecule has 0 bridgehead atoms. The molecular formula is C4H9N3O. The molecular weight excluding hydrogens is 106 g/mol. The molecule has 0 aliphatic heterocycles. The summed E-state index contributed by atoms with van der Waals surface area (Å²) in [6, 6.07) is -0.0509. The van der Waals surface area contributed by atoms with Crippen molar-refractivity contribution in [1.82, 2.24) is 0 Å². The first-order valence-electron chi connectivity index (χ1n) is 2.34. The van der Waals surface area contributed by atoms with E-state index in [1.54, 1.807) is 14.0 Å². The molecule has 0 heterocycles. The first-order valence-corrected chi connectivity index (χ1v) is 2.34. The van der Waals surface area contributed by atoms with Crippen molar-refractivity contribution in [2.24, 2.45) is 5.11 Å². The van der Waals surface area contributed by atoms with Crippen LogP contribution in [0.15, 0.2) is 5.11 Å². The van der Waals surface area contributed by atoms with E-state index in [0.717, 1.165) is 0 Å². The summed E-state index contributed by atoms with van der Waals surface area (Å²) in [6.07, 6.45) is 0. The van der Waals surface area contributed by atoms with Crippen molar-refractivity contribution in [1.29, 1.82) is 0 Å². The van der Waals surface area contributed by atoms with Crippen molar-refractivity contribution in [2.75, 3.05) is 13.7 Å². The molecule has 0 radical (unpaired) electrons. The Morgan fingerprint density at radius 1 is 1.88 bits per heavy atom. The topological polar surface area (TPSA) is 58.0 Å². The Morgan fingerprint density at radius 2 is 2.50 bits per heavy atom. The molecule has 0 spiro atoms. The van der Waals surface area contributed by atoms with Crippen LogP contribution in [0.2, 0.25) is 0 Å². The lowest BCUT2D eigenvalue weighted by molar-refractivity contribution is 0.185. The van der Waals surface area contributed by atoms with Gasteiger partial charge in [-0.05, 0) is 5.53 Å². The molecule has 0 N–H and O–H groups in total. The highest BCUT2D eigenvalue weighted by Crippen LogP contribution is 1.87. The zero-order valence-electron chi connectivity index (χ0n) is 5.03. The quantitative estimate of drug-likeness (QED) is 0.311. The highest BCUT2D eigenvalue weighted by molar-refractivity contribution is 4.57. The first kappa shape index (κ1) is 7.27. The predicted molar refractivity (Wildman–Crippen MR) is 30.5 cm³/mol. The van der Waals surface area contributed by atoms with Gasteiger partial charge in [0, 0.05) is 12.0 Å². The normalized spacial score (nSPS) is 12.2. The van der Waals surface area contributed by atoms with Gasteiger partial charge in [-0.1, -0.05) is 12.0 Å². The van der Waals surface area contributed by atoms with Crippen LogP contribution < -0.4 is 0 Å². The van der Waals surface area contributed by atoms with Crippen LogP contribution >= 0.6 is 0 Å². The van der Waals surface area contributed by atoms with E-state index in [1.807, 2.05) is 0 Å². The zero-order valence-corrected chi connectivity index (χ0v) is 5.03. The fourth-order valence-corrected chi connectivity index (χ4v) is 0.363. The number of hydrogen-bond donors (Lipinski definition) is 0. The number of hydrogen-bond acceptors (Lipinski definition) is 2. The summed E-state index contributed by atoms with van der Waals surface area (Å²) in [7, 11) is 1.57. The van der Waals surface area contributed by atoms with Crippen LogP contribution in [0.3, 0.4) is 0 Å². The molecule has 1 atom stereocenters. The third-order valence-corrected chi connectivity index (χ3v) is 0.657. The molecule has 0 amide bonds. The molecule has 0 fully saturated rings. The number of nitrogens with zero attached hydrogens (tertiary/aromatic N) is 3. The monoisotopic (exact) mass is 115 g/mol. The van der Waals surface area contributed by atoms with Gasteiger partial charge in [0.25, 0.3) is 0 Å². The average molecular weight is 115 g/mol. The highest BCUT2D eigenvalue weighted by Gasteiger charge is 1.92. The third kappa shape index (κ3) is 3.46. The van der Waals surface area contributed by atoms with E-state index < -0.39 is 0 Å². The van der Waals surface area contributed by atoms with E-state index in [1.165, 1.54) is 0 Å². The summed E-state index contributed by atoms with van der Waals surface area (Å²) in [5, 5.41) is 3.37. The van der Waals surface area contributed by atoms with Gasteiger partial charge in [-0.25, -0.2) is 0 Å². The van der Waals surface area contributed by atoms with Crippen molar-refractivity contribution in [3.8, 4) is 0 Å². The van der Waals surface area contributed by atoms with Crippen LogP contribution in [0.25, 0.3) is 10.4 Å². The summed E-state index contributed by atoms with van der Waals surface area (Å²) in [4.78, 5) is 2.60. The maximum Gasteiger partial charge on any atom is 0.0579 e. The summed E-state index contributed by atoms with van der Waals surface area (Å²) in [6.45, 7) is 2.28. The van der Waals surface area contributed by atoms with Crippen LogP contribution in [0.4, 0.5) is 0 Å². The van der Waals surface area contributed by atoms with E-state index >= 15 is 0 Å². The minimum Gasteiger partial charge on any atom is -0.384 e. The molecule has 8 heavy (non-hydrogen) atoms. The van der Waals surface area contributed by atoms with Crippen LogP contribution in [-0.2, 0) is 4.74 Å². The first-order chi connectivity index (χ1) is 3.81. The Morgan fingerprint density at radius 3 is 2.88 bits per heavy atom. The minimum absolute atomic E-state index is 0.0509. The van der Waals surface area contributed by atoms with Crippen LogP contribution in [0, 0.1) is 0 Å². The zero-order chi connectivity index (χ0) is 6.41. The van der Waals surface area contributed by atoms with Crippen LogP contribution in [0.5, 0.6) is 0 Å². The highest BCUT2D eigenvalue weighted by atomic mass is 16.5. The summed E-state index contributed by atoms with van der Waals surface area (Å²) in [5.41, 5.74) is 7.87. The molecule has 0 saturated heterocycles. The lowest BCUT2D eigenvalue weighted by Gasteiger charge is -1.98. The maximum absolute atomic E-state index is 7.87. The van der Waals surface area contributed by atoms with Gasteiger partial charge >= 0.3 is 0 Å². The van der Waals surface area contributed by atoms with Crippen LogP contribution in [0.1, 0.15) is 6.92 Å². The molecule has 0 aliphatic rings.